The summed E-state index contributed by atoms with van der Waals surface area (Å²) in [5, 5.41) is 5.49. The molecule has 0 aromatic heterocycles. The van der Waals surface area contributed by atoms with Crippen LogP contribution < -0.4 is 16.4 Å². The zero-order valence-corrected chi connectivity index (χ0v) is 12.8. The highest BCUT2D eigenvalue weighted by atomic mass is 32.2. The minimum atomic E-state index is -0.520. The van der Waals surface area contributed by atoms with Crippen LogP contribution in [0.2, 0.25) is 0 Å². The van der Waals surface area contributed by atoms with E-state index < -0.39 is 6.04 Å². The highest BCUT2D eigenvalue weighted by Crippen LogP contribution is 2.20. The van der Waals surface area contributed by atoms with E-state index in [2.05, 4.69) is 10.6 Å². The molecule has 0 unspecified atom stereocenters. The van der Waals surface area contributed by atoms with Gasteiger partial charge in [-0.05, 0) is 43.0 Å². The van der Waals surface area contributed by atoms with Crippen molar-refractivity contribution in [1.82, 2.24) is 0 Å². The van der Waals surface area contributed by atoms with Crippen molar-refractivity contribution in [2.24, 2.45) is 5.73 Å². The zero-order chi connectivity index (χ0) is 15.1. The Morgan fingerprint density at radius 3 is 2.65 bits per heavy atom. The highest BCUT2D eigenvalue weighted by Gasteiger charge is 2.13. The minimum Gasteiger partial charge on any atom is -0.326 e. The molecule has 0 fully saturated rings. The lowest BCUT2D eigenvalue weighted by molar-refractivity contribution is -0.117. The molecule has 1 rings (SSSR count). The van der Waals surface area contributed by atoms with Crippen LogP contribution in [0.15, 0.2) is 18.2 Å². The third-order valence-electron chi connectivity index (χ3n) is 2.79. The molecule has 0 aliphatic carbocycles. The Labute approximate surface area is 123 Å². The quantitative estimate of drug-likeness (QED) is 0.749. The molecule has 0 aliphatic heterocycles. The van der Waals surface area contributed by atoms with E-state index in [0.717, 1.165) is 11.3 Å². The predicted octanol–water partition coefficient (Wildman–Crippen LogP) is 1.97. The summed E-state index contributed by atoms with van der Waals surface area (Å²) in [7, 11) is 0. The summed E-state index contributed by atoms with van der Waals surface area (Å²) < 4.78 is 0. The molecule has 0 bridgehead atoms. The van der Waals surface area contributed by atoms with Crippen molar-refractivity contribution in [2.75, 3.05) is 22.6 Å². The molecule has 0 heterocycles. The van der Waals surface area contributed by atoms with Crippen LogP contribution in [-0.4, -0.2) is 29.9 Å². The van der Waals surface area contributed by atoms with Crippen LogP contribution in [0.1, 0.15) is 18.9 Å². The fourth-order valence-electron chi connectivity index (χ4n) is 1.63. The molecule has 4 N–H and O–H groups in total. The van der Waals surface area contributed by atoms with Gasteiger partial charge in [0.05, 0.1) is 6.04 Å². The fraction of sp³-hybridized carbons (Fsp3) is 0.429. The first kappa shape index (κ1) is 16.5. The summed E-state index contributed by atoms with van der Waals surface area (Å²) in [5.41, 5.74) is 8.06. The van der Waals surface area contributed by atoms with Crippen LogP contribution in [-0.2, 0) is 9.59 Å². The number of nitrogens with one attached hydrogen (secondary N) is 2. The fourth-order valence-corrected chi connectivity index (χ4v) is 2.12. The molecule has 0 radical (unpaired) electrons. The Hall–Kier alpha value is -1.53. The Kier molecular flexibility index (Phi) is 6.54. The van der Waals surface area contributed by atoms with Crippen molar-refractivity contribution in [3.63, 3.8) is 0 Å². The number of amides is 2. The number of thioether (sulfide) groups is 1. The number of carbonyl (C=O) groups excluding carboxylic acids is 2. The predicted molar refractivity (Wildman–Crippen MR) is 85.1 cm³/mol. The number of nitrogens with two attached hydrogens (primary N) is 1. The average molecular weight is 295 g/mol. The van der Waals surface area contributed by atoms with Gasteiger partial charge in [-0.25, -0.2) is 0 Å². The molecule has 0 saturated carbocycles. The lowest BCUT2D eigenvalue weighted by Crippen LogP contribution is -2.36. The summed E-state index contributed by atoms with van der Waals surface area (Å²) in [5.74, 6) is 0.490. The number of carbonyl (C=O) groups is 2. The number of benzene rings is 1. The molecule has 1 aromatic carbocycles. The maximum atomic E-state index is 11.9. The molecule has 2 amide bonds. The van der Waals surface area contributed by atoms with E-state index in [-0.39, 0.29) is 11.8 Å². The van der Waals surface area contributed by atoms with Crippen molar-refractivity contribution in [2.45, 2.75) is 26.3 Å². The van der Waals surface area contributed by atoms with Gasteiger partial charge >= 0.3 is 0 Å². The van der Waals surface area contributed by atoms with Gasteiger partial charge in [-0.2, -0.15) is 11.8 Å². The van der Waals surface area contributed by atoms with Crippen molar-refractivity contribution in [1.29, 1.82) is 0 Å². The molecule has 0 aliphatic rings. The summed E-state index contributed by atoms with van der Waals surface area (Å²) in [4.78, 5) is 23.0. The molecule has 5 nitrogen and oxygen atoms in total. The lowest BCUT2D eigenvalue weighted by Gasteiger charge is -2.13. The van der Waals surface area contributed by atoms with Crippen LogP contribution in [0.4, 0.5) is 11.4 Å². The smallest absolute Gasteiger partial charge is 0.241 e. The van der Waals surface area contributed by atoms with Crippen molar-refractivity contribution >= 4 is 35.0 Å². The normalized spacial score (nSPS) is 11.8. The maximum absolute atomic E-state index is 11.9. The first-order chi connectivity index (χ1) is 9.43. The van der Waals surface area contributed by atoms with E-state index in [9.17, 15) is 9.59 Å². The largest absolute Gasteiger partial charge is 0.326 e. The minimum absolute atomic E-state index is 0.145. The first-order valence-corrected chi connectivity index (χ1v) is 7.77. The Morgan fingerprint density at radius 1 is 1.35 bits per heavy atom. The zero-order valence-electron chi connectivity index (χ0n) is 12.0. The third kappa shape index (κ3) is 5.22. The number of anilines is 2. The van der Waals surface area contributed by atoms with Crippen LogP contribution >= 0.6 is 11.8 Å². The van der Waals surface area contributed by atoms with E-state index in [4.69, 9.17) is 5.73 Å². The lowest BCUT2D eigenvalue weighted by atomic mass is 10.1. The average Bonchev–Trinajstić information content (AvgIpc) is 2.39. The van der Waals surface area contributed by atoms with Crippen molar-refractivity contribution in [3.05, 3.63) is 23.8 Å². The second-order valence-corrected chi connectivity index (χ2v) is 5.57. The molecule has 1 aromatic rings. The number of rotatable bonds is 6. The maximum Gasteiger partial charge on any atom is 0.241 e. The second kappa shape index (κ2) is 7.91. The second-order valence-electron chi connectivity index (χ2n) is 4.59. The molecule has 1 atom stereocenters. The Morgan fingerprint density at radius 2 is 2.05 bits per heavy atom. The van der Waals surface area contributed by atoms with Gasteiger partial charge in [0.15, 0.2) is 0 Å². The van der Waals surface area contributed by atoms with Gasteiger partial charge in [0.25, 0.3) is 0 Å². The summed E-state index contributed by atoms with van der Waals surface area (Å²) in [6.07, 6.45) is 2.61. The summed E-state index contributed by atoms with van der Waals surface area (Å²) in [6, 6.07) is 4.84. The molecule has 0 saturated heterocycles. The van der Waals surface area contributed by atoms with E-state index in [1.54, 1.807) is 23.9 Å². The van der Waals surface area contributed by atoms with E-state index in [1.807, 2.05) is 19.2 Å². The third-order valence-corrected chi connectivity index (χ3v) is 3.43. The van der Waals surface area contributed by atoms with Gasteiger partial charge < -0.3 is 16.4 Å². The molecule has 0 spiro atoms. The van der Waals surface area contributed by atoms with Crippen molar-refractivity contribution in [3.8, 4) is 0 Å². The highest BCUT2D eigenvalue weighted by molar-refractivity contribution is 7.98. The number of hydrogen-bond acceptors (Lipinski definition) is 4. The van der Waals surface area contributed by atoms with Gasteiger partial charge in [-0.3, -0.25) is 9.59 Å². The van der Waals surface area contributed by atoms with Gasteiger partial charge in [0.1, 0.15) is 0 Å². The molecule has 110 valence electrons. The standard InChI is InChI=1S/C14H21N3O2S/c1-9-4-5-11(8-13(9)16-10(2)18)17-14(19)12(15)6-7-20-3/h4-5,8,12H,6-7,15H2,1-3H3,(H,16,18)(H,17,19)/t12-/m0/s1. The van der Waals surface area contributed by atoms with Crippen LogP contribution in [0, 0.1) is 6.92 Å². The van der Waals surface area contributed by atoms with Gasteiger partial charge in [0, 0.05) is 18.3 Å². The molecule has 20 heavy (non-hydrogen) atoms. The van der Waals surface area contributed by atoms with Crippen molar-refractivity contribution < 1.29 is 9.59 Å². The SMILES string of the molecule is CSCC[C@H](N)C(=O)Nc1ccc(C)c(NC(C)=O)c1. The topological polar surface area (TPSA) is 84.2 Å². The molecular weight excluding hydrogens is 274 g/mol. The van der Waals surface area contributed by atoms with Crippen LogP contribution in [0.3, 0.4) is 0 Å². The number of aryl methyl sites for hydroxylation is 1. The van der Waals surface area contributed by atoms with Crippen LogP contribution in [0.25, 0.3) is 0 Å². The van der Waals surface area contributed by atoms with Gasteiger partial charge in [0.2, 0.25) is 11.8 Å². The Bertz CT molecular complexity index is 491. The van der Waals surface area contributed by atoms with E-state index in [0.29, 0.717) is 17.8 Å². The monoisotopic (exact) mass is 295 g/mol. The van der Waals surface area contributed by atoms with E-state index >= 15 is 0 Å². The Balaban J connectivity index is 2.72. The molecule has 6 heteroatoms. The summed E-state index contributed by atoms with van der Waals surface area (Å²) in [6.45, 7) is 3.34. The van der Waals surface area contributed by atoms with Gasteiger partial charge in [-0.1, -0.05) is 6.07 Å². The van der Waals surface area contributed by atoms with Gasteiger partial charge in [-0.15, -0.1) is 0 Å². The molecular formula is C14H21N3O2S. The number of hydrogen-bond donors (Lipinski definition) is 3. The summed E-state index contributed by atoms with van der Waals surface area (Å²) >= 11 is 1.66. The van der Waals surface area contributed by atoms with Crippen LogP contribution in [0.5, 0.6) is 0 Å². The van der Waals surface area contributed by atoms with E-state index in [1.165, 1.54) is 6.92 Å². The first-order valence-electron chi connectivity index (χ1n) is 6.37.